The molecule has 0 saturated carbocycles. The van der Waals surface area contributed by atoms with E-state index in [1.165, 1.54) is 11.0 Å². The fourth-order valence-electron chi connectivity index (χ4n) is 2.97. The maximum absolute atomic E-state index is 12.8. The Bertz CT molecular complexity index is 865. The largest absolute Gasteiger partial charge is 0.375 e. The van der Waals surface area contributed by atoms with E-state index in [0.717, 1.165) is 4.47 Å². The maximum Gasteiger partial charge on any atom is 0.264 e. The summed E-state index contributed by atoms with van der Waals surface area (Å²) in [5.41, 5.74) is -0.624. The molecule has 1 aliphatic heterocycles. The second-order valence-electron chi connectivity index (χ2n) is 5.83. The fraction of sp³-hybridized carbons (Fsp3) is 0.158. The van der Waals surface area contributed by atoms with Crippen LogP contribution in [0.3, 0.4) is 0 Å². The molecule has 0 saturated heterocycles. The average molecular weight is 421 g/mol. The minimum atomic E-state index is -1.94. The lowest BCUT2D eigenvalue weighted by molar-refractivity contribution is -0.135. The summed E-state index contributed by atoms with van der Waals surface area (Å²) >= 11 is 9.35. The molecule has 25 heavy (non-hydrogen) atoms. The van der Waals surface area contributed by atoms with Crippen molar-refractivity contribution < 1.29 is 14.7 Å². The zero-order valence-electron chi connectivity index (χ0n) is 13.2. The Kier molecular flexibility index (Phi) is 4.82. The molecule has 0 unspecified atom stereocenters. The van der Waals surface area contributed by atoms with Gasteiger partial charge in [-0.3, -0.25) is 9.59 Å². The molecular formula is C19H15BrClNO3. The predicted octanol–water partition coefficient (Wildman–Crippen LogP) is 4.10. The number of nitrogens with zero attached hydrogens (tertiary/aromatic N) is 1. The van der Waals surface area contributed by atoms with Crippen LogP contribution in [0.4, 0.5) is 5.69 Å². The third-order valence-corrected chi connectivity index (χ3v) is 4.95. The summed E-state index contributed by atoms with van der Waals surface area (Å²) in [5.74, 6) is -0.871. The summed E-state index contributed by atoms with van der Waals surface area (Å²) in [6.07, 6.45) is 1.22. The molecule has 1 N–H and O–H groups in total. The van der Waals surface area contributed by atoms with Crippen LogP contribution in [0.1, 0.15) is 22.3 Å². The van der Waals surface area contributed by atoms with Crippen molar-refractivity contribution in [1.82, 2.24) is 0 Å². The SMILES string of the molecule is C=CCN1C(=O)[C@](O)(CC(=O)c2ccc(Br)cc2)c2cc(Cl)ccc21. The minimum Gasteiger partial charge on any atom is -0.375 e. The van der Waals surface area contributed by atoms with Gasteiger partial charge in [-0.05, 0) is 30.3 Å². The number of benzene rings is 2. The molecule has 2 aromatic carbocycles. The van der Waals surface area contributed by atoms with Gasteiger partial charge in [-0.1, -0.05) is 45.7 Å². The van der Waals surface area contributed by atoms with Gasteiger partial charge in [0.25, 0.3) is 5.91 Å². The number of fused-ring (bicyclic) bond motifs is 1. The molecule has 0 fully saturated rings. The highest BCUT2D eigenvalue weighted by molar-refractivity contribution is 9.10. The highest BCUT2D eigenvalue weighted by atomic mass is 79.9. The Morgan fingerprint density at radius 1 is 1.28 bits per heavy atom. The van der Waals surface area contributed by atoms with Gasteiger partial charge in [0.2, 0.25) is 0 Å². The number of carbonyl (C=O) groups is 2. The van der Waals surface area contributed by atoms with Crippen molar-refractivity contribution in [2.24, 2.45) is 0 Å². The summed E-state index contributed by atoms with van der Waals surface area (Å²) in [5, 5.41) is 11.5. The number of rotatable bonds is 5. The van der Waals surface area contributed by atoms with Gasteiger partial charge in [0, 0.05) is 27.2 Å². The number of hydrogen-bond acceptors (Lipinski definition) is 3. The molecule has 2 aromatic rings. The lowest BCUT2D eigenvalue weighted by Crippen LogP contribution is -2.41. The van der Waals surface area contributed by atoms with Gasteiger partial charge in [0.15, 0.2) is 11.4 Å². The number of amides is 1. The summed E-state index contributed by atoms with van der Waals surface area (Å²) in [6.45, 7) is 3.88. The highest BCUT2D eigenvalue weighted by Gasteiger charge is 2.50. The molecule has 0 spiro atoms. The Hall–Kier alpha value is -1.95. The first-order valence-electron chi connectivity index (χ1n) is 7.61. The van der Waals surface area contributed by atoms with E-state index < -0.39 is 11.5 Å². The van der Waals surface area contributed by atoms with E-state index in [1.54, 1.807) is 42.5 Å². The quantitative estimate of drug-likeness (QED) is 0.585. The Morgan fingerprint density at radius 3 is 2.60 bits per heavy atom. The summed E-state index contributed by atoms with van der Waals surface area (Å²) in [6, 6.07) is 11.6. The zero-order valence-corrected chi connectivity index (χ0v) is 15.5. The summed E-state index contributed by atoms with van der Waals surface area (Å²) in [7, 11) is 0. The number of Topliss-reactive ketones (excluding diaryl/α,β-unsaturated/α-hetero) is 1. The first kappa shape index (κ1) is 17.9. The van der Waals surface area contributed by atoms with Crippen molar-refractivity contribution in [2.75, 3.05) is 11.4 Å². The van der Waals surface area contributed by atoms with Crippen LogP contribution in [0.15, 0.2) is 59.6 Å². The third-order valence-electron chi connectivity index (χ3n) is 4.19. The van der Waals surface area contributed by atoms with E-state index in [1.807, 2.05) is 0 Å². The first-order chi connectivity index (χ1) is 11.9. The van der Waals surface area contributed by atoms with Crippen molar-refractivity contribution in [3.63, 3.8) is 0 Å². The smallest absolute Gasteiger partial charge is 0.264 e. The Labute approximate surface area is 158 Å². The highest BCUT2D eigenvalue weighted by Crippen LogP contribution is 2.44. The molecule has 3 rings (SSSR count). The molecule has 1 atom stereocenters. The van der Waals surface area contributed by atoms with E-state index in [-0.39, 0.29) is 18.7 Å². The number of carbonyl (C=O) groups excluding carboxylic acids is 2. The van der Waals surface area contributed by atoms with Gasteiger partial charge in [0.05, 0.1) is 12.1 Å². The van der Waals surface area contributed by atoms with E-state index in [4.69, 9.17) is 11.6 Å². The van der Waals surface area contributed by atoms with E-state index in [9.17, 15) is 14.7 Å². The lowest BCUT2D eigenvalue weighted by atomic mass is 9.88. The van der Waals surface area contributed by atoms with Gasteiger partial charge < -0.3 is 10.0 Å². The monoisotopic (exact) mass is 419 g/mol. The standard InChI is InChI=1S/C19H15BrClNO3/c1-2-9-22-16-8-7-14(21)10-15(16)19(25,18(22)24)11-17(23)12-3-5-13(20)6-4-12/h2-8,10,25H,1,9,11H2/t19-/m0/s1. The van der Waals surface area contributed by atoms with Gasteiger partial charge in [-0.25, -0.2) is 0 Å². The van der Waals surface area contributed by atoms with Crippen LogP contribution >= 0.6 is 27.5 Å². The molecule has 1 aliphatic rings. The fourth-order valence-corrected chi connectivity index (χ4v) is 3.41. The molecule has 128 valence electrons. The van der Waals surface area contributed by atoms with Crippen LogP contribution in [-0.2, 0) is 10.4 Å². The molecule has 0 aliphatic carbocycles. The van der Waals surface area contributed by atoms with Crippen molar-refractivity contribution in [3.05, 3.63) is 75.7 Å². The van der Waals surface area contributed by atoms with Gasteiger partial charge in [0.1, 0.15) is 0 Å². The summed E-state index contributed by atoms with van der Waals surface area (Å²) < 4.78 is 0.842. The van der Waals surface area contributed by atoms with Crippen LogP contribution in [0, 0.1) is 0 Å². The molecule has 0 aromatic heterocycles. The average Bonchev–Trinajstić information content (AvgIpc) is 2.77. The molecular weight excluding hydrogens is 406 g/mol. The van der Waals surface area contributed by atoms with Gasteiger partial charge in [-0.2, -0.15) is 0 Å². The Balaban J connectivity index is 2.00. The number of aliphatic hydroxyl groups is 1. The number of anilines is 1. The molecule has 0 bridgehead atoms. The first-order valence-corrected chi connectivity index (χ1v) is 8.78. The molecule has 1 heterocycles. The predicted molar refractivity (Wildman–Crippen MR) is 101 cm³/mol. The van der Waals surface area contributed by atoms with Crippen molar-refractivity contribution in [2.45, 2.75) is 12.0 Å². The second kappa shape index (κ2) is 6.75. The van der Waals surface area contributed by atoms with Crippen LogP contribution in [-0.4, -0.2) is 23.3 Å². The number of halogens is 2. The van der Waals surface area contributed by atoms with E-state index >= 15 is 0 Å². The molecule has 6 heteroatoms. The normalized spacial score (nSPS) is 19.0. The van der Waals surface area contributed by atoms with Crippen molar-refractivity contribution in [3.8, 4) is 0 Å². The van der Waals surface area contributed by atoms with Gasteiger partial charge in [-0.15, -0.1) is 6.58 Å². The molecule has 0 radical (unpaired) electrons. The van der Waals surface area contributed by atoms with Gasteiger partial charge >= 0.3 is 0 Å². The molecule has 4 nitrogen and oxygen atoms in total. The second-order valence-corrected chi connectivity index (χ2v) is 7.19. The topological polar surface area (TPSA) is 57.6 Å². The summed E-state index contributed by atoms with van der Waals surface area (Å²) in [4.78, 5) is 26.9. The number of hydrogen-bond donors (Lipinski definition) is 1. The Morgan fingerprint density at radius 2 is 1.96 bits per heavy atom. The van der Waals surface area contributed by atoms with E-state index in [2.05, 4.69) is 22.5 Å². The number of ketones is 1. The van der Waals surface area contributed by atoms with Crippen LogP contribution < -0.4 is 4.90 Å². The van der Waals surface area contributed by atoms with E-state index in [0.29, 0.717) is 21.8 Å². The van der Waals surface area contributed by atoms with Crippen LogP contribution in [0.2, 0.25) is 5.02 Å². The van der Waals surface area contributed by atoms with Crippen LogP contribution in [0.5, 0.6) is 0 Å². The minimum absolute atomic E-state index is 0.238. The lowest BCUT2D eigenvalue weighted by Gasteiger charge is -2.22. The molecule has 1 amide bonds. The maximum atomic E-state index is 12.8. The van der Waals surface area contributed by atoms with Crippen molar-refractivity contribution in [1.29, 1.82) is 0 Å². The third kappa shape index (κ3) is 3.15. The zero-order chi connectivity index (χ0) is 18.2. The van der Waals surface area contributed by atoms with Crippen LogP contribution in [0.25, 0.3) is 0 Å². The van der Waals surface area contributed by atoms with Crippen molar-refractivity contribution >= 4 is 44.9 Å².